The monoisotopic (exact) mass is 424 g/mol. The fourth-order valence-electron chi connectivity index (χ4n) is 4.92. The van der Waals surface area contributed by atoms with Gasteiger partial charge in [-0.15, -0.1) is 0 Å². The zero-order valence-electron chi connectivity index (χ0n) is 18.0. The van der Waals surface area contributed by atoms with Gasteiger partial charge in [0.25, 0.3) is 0 Å². The van der Waals surface area contributed by atoms with E-state index in [1.54, 1.807) is 26.6 Å². The molecule has 0 spiro atoms. The highest BCUT2D eigenvalue weighted by atomic mass is 16.5. The molecule has 0 bridgehead atoms. The molecule has 0 radical (unpaired) electrons. The largest absolute Gasteiger partial charge is 0.480 e. The van der Waals surface area contributed by atoms with Gasteiger partial charge >= 0.3 is 6.01 Å². The molecule has 0 amide bonds. The van der Waals surface area contributed by atoms with E-state index in [0.29, 0.717) is 11.9 Å². The summed E-state index contributed by atoms with van der Waals surface area (Å²) < 4.78 is 10.7. The molecule has 2 heterocycles. The second-order valence-corrected chi connectivity index (χ2v) is 7.88. The normalized spacial score (nSPS) is 22.1. The summed E-state index contributed by atoms with van der Waals surface area (Å²) in [5.41, 5.74) is 4.38. The molecule has 2 aromatic heterocycles. The summed E-state index contributed by atoms with van der Waals surface area (Å²) in [6.45, 7) is 0. The van der Waals surface area contributed by atoms with E-state index in [4.69, 9.17) is 19.4 Å². The number of methoxy groups -OCH3 is 2. The van der Waals surface area contributed by atoms with Crippen LogP contribution in [0.1, 0.15) is 46.2 Å². The summed E-state index contributed by atoms with van der Waals surface area (Å²) in [6.07, 6.45) is 5.27. The first-order valence-electron chi connectivity index (χ1n) is 10.6. The Balaban J connectivity index is 1.68. The molecule has 2 atom stereocenters. The lowest BCUT2D eigenvalue weighted by Gasteiger charge is -2.52. The Bertz CT molecular complexity index is 1080. The highest BCUT2D eigenvalue weighted by Crippen LogP contribution is 2.65. The van der Waals surface area contributed by atoms with Crippen molar-refractivity contribution in [2.24, 2.45) is 0 Å². The Morgan fingerprint density at radius 1 is 0.625 bits per heavy atom. The van der Waals surface area contributed by atoms with Crippen LogP contribution in [0.5, 0.6) is 11.9 Å². The average molecular weight is 425 g/mol. The van der Waals surface area contributed by atoms with E-state index < -0.39 is 0 Å². The molecular formula is C26H24N4O2. The molecule has 0 saturated heterocycles. The quantitative estimate of drug-likeness (QED) is 0.446. The molecule has 6 heteroatoms. The third-order valence-corrected chi connectivity index (χ3v) is 6.28. The first kappa shape index (κ1) is 20.1. The highest BCUT2D eigenvalue weighted by Gasteiger charge is 2.54. The van der Waals surface area contributed by atoms with Gasteiger partial charge in [0.2, 0.25) is 5.88 Å². The zero-order valence-corrected chi connectivity index (χ0v) is 18.0. The van der Waals surface area contributed by atoms with Crippen LogP contribution in [0.2, 0.25) is 0 Å². The van der Waals surface area contributed by atoms with Gasteiger partial charge in [0, 0.05) is 36.1 Å². The molecule has 32 heavy (non-hydrogen) atoms. The van der Waals surface area contributed by atoms with Crippen LogP contribution in [0.3, 0.4) is 0 Å². The summed E-state index contributed by atoms with van der Waals surface area (Å²) in [4.78, 5) is 18.1. The molecule has 6 nitrogen and oxygen atoms in total. The lowest BCUT2D eigenvalue weighted by Crippen LogP contribution is -2.41. The first-order chi connectivity index (χ1) is 15.8. The Morgan fingerprint density at radius 2 is 1.25 bits per heavy atom. The van der Waals surface area contributed by atoms with E-state index in [2.05, 4.69) is 58.5 Å². The van der Waals surface area contributed by atoms with Crippen LogP contribution in [0, 0.1) is 0 Å². The van der Waals surface area contributed by atoms with Gasteiger partial charge in [0.05, 0.1) is 31.8 Å². The standard InChI is InChI=1S/C26H24N4O2/c1-31-21-16-27-15-20(29-21)25-22(17-9-5-3-6-10-17)24(19-13-14-28-26(30-19)32-2)23(25)18-11-7-4-8-12-18/h3-16,22-25H,1-2H3/t22-,23-,24-,25-/m0/s1. The summed E-state index contributed by atoms with van der Waals surface area (Å²) in [7, 11) is 3.21. The predicted molar refractivity (Wildman–Crippen MR) is 121 cm³/mol. The zero-order chi connectivity index (χ0) is 21.9. The SMILES string of the molecule is COc1cncc([C@H]2[C@@H](c3ccccc3)[C@H](c3ccnc(OC)n3)[C@@H]2c2ccccc2)n1. The van der Waals surface area contributed by atoms with Crippen molar-refractivity contribution in [2.45, 2.75) is 23.7 Å². The minimum atomic E-state index is 0.119. The van der Waals surface area contributed by atoms with Crippen molar-refractivity contribution in [1.29, 1.82) is 0 Å². The third-order valence-electron chi connectivity index (χ3n) is 6.28. The topological polar surface area (TPSA) is 70.0 Å². The van der Waals surface area contributed by atoms with Crippen molar-refractivity contribution in [2.75, 3.05) is 14.2 Å². The fourth-order valence-corrected chi connectivity index (χ4v) is 4.92. The van der Waals surface area contributed by atoms with Gasteiger partial charge in [-0.2, -0.15) is 4.98 Å². The average Bonchev–Trinajstić information content (AvgIpc) is 2.85. The molecule has 1 aliphatic carbocycles. The van der Waals surface area contributed by atoms with Gasteiger partial charge in [-0.1, -0.05) is 60.7 Å². The molecule has 0 N–H and O–H groups in total. The maximum Gasteiger partial charge on any atom is 0.316 e. The van der Waals surface area contributed by atoms with Crippen LogP contribution >= 0.6 is 0 Å². The van der Waals surface area contributed by atoms with Crippen LogP contribution in [-0.2, 0) is 0 Å². The van der Waals surface area contributed by atoms with E-state index in [1.165, 1.54) is 11.1 Å². The van der Waals surface area contributed by atoms with Crippen molar-refractivity contribution in [3.8, 4) is 11.9 Å². The summed E-state index contributed by atoms with van der Waals surface area (Å²) in [5, 5.41) is 0. The van der Waals surface area contributed by atoms with Gasteiger partial charge < -0.3 is 9.47 Å². The first-order valence-corrected chi connectivity index (χ1v) is 10.6. The van der Waals surface area contributed by atoms with E-state index in [0.717, 1.165) is 11.4 Å². The maximum absolute atomic E-state index is 5.39. The second kappa shape index (κ2) is 8.75. The van der Waals surface area contributed by atoms with E-state index >= 15 is 0 Å². The maximum atomic E-state index is 5.39. The molecule has 5 rings (SSSR count). The number of rotatable bonds is 6. The van der Waals surface area contributed by atoms with E-state index in [1.807, 2.05) is 24.4 Å². The van der Waals surface area contributed by atoms with Crippen LogP contribution < -0.4 is 9.47 Å². The van der Waals surface area contributed by atoms with Crippen molar-refractivity contribution in [1.82, 2.24) is 19.9 Å². The lowest BCUT2D eigenvalue weighted by atomic mass is 9.50. The number of ether oxygens (including phenoxy) is 2. The summed E-state index contributed by atoms with van der Waals surface area (Å²) >= 11 is 0. The Hall–Kier alpha value is -3.80. The van der Waals surface area contributed by atoms with Crippen LogP contribution in [0.4, 0.5) is 0 Å². The Kier molecular flexibility index (Phi) is 5.50. The molecular weight excluding hydrogens is 400 g/mol. The van der Waals surface area contributed by atoms with Crippen molar-refractivity contribution in [3.05, 3.63) is 108 Å². The summed E-state index contributed by atoms with van der Waals surface area (Å²) in [5.74, 6) is 1.11. The van der Waals surface area contributed by atoms with E-state index in [-0.39, 0.29) is 23.7 Å². The minimum absolute atomic E-state index is 0.119. The van der Waals surface area contributed by atoms with Gasteiger partial charge in [0.15, 0.2) is 0 Å². The number of hydrogen-bond donors (Lipinski definition) is 0. The molecule has 0 unspecified atom stereocenters. The van der Waals surface area contributed by atoms with Crippen molar-refractivity contribution < 1.29 is 9.47 Å². The number of aromatic nitrogens is 4. The lowest BCUT2D eigenvalue weighted by molar-refractivity contribution is 0.216. The predicted octanol–water partition coefficient (Wildman–Crippen LogP) is 4.73. The van der Waals surface area contributed by atoms with E-state index in [9.17, 15) is 0 Å². The fraction of sp³-hybridized carbons (Fsp3) is 0.231. The van der Waals surface area contributed by atoms with Crippen LogP contribution in [0.25, 0.3) is 0 Å². The number of hydrogen-bond acceptors (Lipinski definition) is 6. The third kappa shape index (κ3) is 3.58. The highest BCUT2D eigenvalue weighted by molar-refractivity contribution is 5.45. The van der Waals surface area contributed by atoms with Crippen LogP contribution in [-0.4, -0.2) is 34.2 Å². The molecule has 160 valence electrons. The molecule has 4 aromatic rings. The Morgan fingerprint density at radius 3 is 1.84 bits per heavy atom. The summed E-state index contributed by atoms with van der Waals surface area (Å²) in [6, 6.07) is 23.5. The minimum Gasteiger partial charge on any atom is -0.480 e. The second-order valence-electron chi connectivity index (χ2n) is 7.88. The smallest absolute Gasteiger partial charge is 0.316 e. The number of benzene rings is 2. The van der Waals surface area contributed by atoms with Gasteiger partial charge in [0.1, 0.15) is 0 Å². The van der Waals surface area contributed by atoms with Crippen LogP contribution in [0.15, 0.2) is 85.3 Å². The van der Waals surface area contributed by atoms with Gasteiger partial charge in [-0.3, -0.25) is 4.98 Å². The van der Waals surface area contributed by atoms with Gasteiger partial charge in [-0.25, -0.2) is 9.97 Å². The molecule has 1 saturated carbocycles. The molecule has 1 aliphatic rings. The van der Waals surface area contributed by atoms with Gasteiger partial charge in [-0.05, 0) is 17.2 Å². The van der Waals surface area contributed by atoms with Crippen molar-refractivity contribution in [3.63, 3.8) is 0 Å². The number of nitrogens with zero attached hydrogens (tertiary/aromatic N) is 4. The molecule has 2 aromatic carbocycles. The Labute approximate surface area is 187 Å². The molecule has 0 aliphatic heterocycles. The molecule has 1 fully saturated rings. The van der Waals surface area contributed by atoms with Crippen molar-refractivity contribution >= 4 is 0 Å².